The zero-order chi connectivity index (χ0) is 17.4. The van der Waals surface area contributed by atoms with E-state index in [0.717, 1.165) is 16.7 Å². The van der Waals surface area contributed by atoms with Crippen LogP contribution in [0.2, 0.25) is 0 Å². The van der Waals surface area contributed by atoms with Crippen molar-refractivity contribution in [2.24, 2.45) is 0 Å². The summed E-state index contributed by atoms with van der Waals surface area (Å²) in [7, 11) is 0. The van der Waals surface area contributed by atoms with Gasteiger partial charge in [-0.1, -0.05) is 0 Å². The van der Waals surface area contributed by atoms with E-state index < -0.39 is 23.4 Å². The van der Waals surface area contributed by atoms with E-state index in [1.165, 1.54) is 18.3 Å². The largest absolute Gasteiger partial charge is 0.443 e. The second-order valence-electron chi connectivity index (χ2n) is 6.09. The van der Waals surface area contributed by atoms with Gasteiger partial charge in [-0.3, -0.25) is 4.57 Å². The van der Waals surface area contributed by atoms with Gasteiger partial charge in [0, 0.05) is 17.4 Å². The Kier molecular flexibility index (Phi) is 4.15. The maximum atomic E-state index is 12.9. The van der Waals surface area contributed by atoms with E-state index >= 15 is 0 Å². The molecule has 2 N–H and O–H groups in total. The van der Waals surface area contributed by atoms with Crippen LogP contribution in [0.3, 0.4) is 0 Å². The summed E-state index contributed by atoms with van der Waals surface area (Å²) in [5.41, 5.74) is 4.40. The predicted octanol–water partition coefficient (Wildman–Crippen LogP) is 4.54. The van der Waals surface area contributed by atoms with Gasteiger partial charge in [0.2, 0.25) is 0 Å². The maximum absolute atomic E-state index is 12.9. The minimum atomic E-state index is -4.52. The molecule has 0 atom stereocenters. The molecule has 0 bridgehead atoms. The summed E-state index contributed by atoms with van der Waals surface area (Å²) in [6.45, 7) is 5.11. The molecule has 0 fully saturated rings. The van der Waals surface area contributed by atoms with Gasteiger partial charge >= 0.3 is 12.3 Å². The fourth-order valence-corrected chi connectivity index (χ4v) is 2.05. The molecule has 0 spiro atoms. The van der Waals surface area contributed by atoms with Crippen molar-refractivity contribution in [3.8, 4) is 11.3 Å². The monoisotopic (exact) mass is 326 g/mol. The summed E-state index contributed by atoms with van der Waals surface area (Å²) in [6, 6.07) is 6.26. The first-order valence-corrected chi connectivity index (χ1v) is 6.86. The maximum Gasteiger partial charge on any atom is 0.418 e. The Balaban J connectivity index is 2.47. The van der Waals surface area contributed by atoms with Crippen molar-refractivity contribution in [1.29, 1.82) is 0 Å². The molecule has 7 heteroatoms. The average molecular weight is 326 g/mol. The number of hydrogen-bond donors (Lipinski definition) is 1. The summed E-state index contributed by atoms with van der Waals surface area (Å²) in [5.74, 6) is 0. The number of nitrogens with two attached hydrogens (primary N) is 1. The molecule has 23 heavy (non-hydrogen) atoms. The van der Waals surface area contributed by atoms with E-state index in [-0.39, 0.29) is 16.9 Å². The number of nitrogens with zero attached hydrogens (tertiary/aromatic N) is 1. The molecular weight excluding hydrogens is 309 g/mol. The van der Waals surface area contributed by atoms with Crippen LogP contribution in [0, 0.1) is 0 Å². The Hall–Kier alpha value is -2.44. The molecule has 1 aromatic carbocycles. The number of aromatic nitrogens is 1. The van der Waals surface area contributed by atoms with Gasteiger partial charge in [0.05, 0.1) is 11.3 Å². The molecule has 0 aliphatic heterocycles. The van der Waals surface area contributed by atoms with Gasteiger partial charge in [0.15, 0.2) is 0 Å². The third-order valence-corrected chi connectivity index (χ3v) is 2.92. The fourth-order valence-electron chi connectivity index (χ4n) is 2.05. The molecule has 0 amide bonds. The van der Waals surface area contributed by atoms with Gasteiger partial charge in [0.25, 0.3) is 0 Å². The average Bonchev–Trinajstić information content (AvgIpc) is 2.84. The summed E-state index contributed by atoms with van der Waals surface area (Å²) in [4.78, 5) is 12.2. The molecule has 0 radical (unpaired) electrons. The Morgan fingerprint density at radius 2 is 1.83 bits per heavy atom. The first kappa shape index (κ1) is 16.9. The second-order valence-corrected chi connectivity index (χ2v) is 6.09. The molecule has 4 nitrogen and oxygen atoms in total. The van der Waals surface area contributed by atoms with Crippen LogP contribution >= 0.6 is 0 Å². The molecule has 0 unspecified atom stereocenters. The number of benzene rings is 1. The molecule has 124 valence electrons. The lowest BCUT2D eigenvalue weighted by atomic mass is 10.1. The molecule has 0 saturated heterocycles. The van der Waals surface area contributed by atoms with Crippen molar-refractivity contribution in [2.45, 2.75) is 32.5 Å². The summed E-state index contributed by atoms with van der Waals surface area (Å²) >= 11 is 0. The van der Waals surface area contributed by atoms with Crippen LogP contribution in [0.25, 0.3) is 11.3 Å². The van der Waals surface area contributed by atoms with Crippen LogP contribution < -0.4 is 5.73 Å². The van der Waals surface area contributed by atoms with Crippen LogP contribution in [-0.2, 0) is 10.9 Å². The van der Waals surface area contributed by atoms with Gasteiger partial charge in [-0.2, -0.15) is 13.2 Å². The Labute approximate surface area is 131 Å². The first-order valence-electron chi connectivity index (χ1n) is 6.86. The van der Waals surface area contributed by atoms with E-state index in [9.17, 15) is 18.0 Å². The van der Waals surface area contributed by atoms with Crippen LogP contribution in [0.15, 0.2) is 36.5 Å². The first-order chi connectivity index (χ1) is 10.5. The van der Waals surface area contributed by atoms with Crippen molar-refractivity contribution in [1.82, 2.24) is 4.57 Å². The van der Waals surface area contributed by atoms with E-state index in [1.54, 1.807) is 26.8 Å². The van der Waals surface area contributed by atoms with Gasteiger partial charge in [-0.25, -0.2) is 4.79 Å². The minimum absolute atomic E-state index is 0.0354. The third-order valence-electron chi connectivity index (χ3n) is 2.92. The van der Waals surface area contributed by atoms with Crippen molar-refractivity contribution < 1.29 is 22.7 Å². The summed E-state index contributed by atoms with van der Waals surface area (Å²) in [6.07, 6.45) is -3.76. The normalized spacial score (nSPS) is 12.3. The van der Waals surface area contributed by atoms with Crippen LogP contribution in [0.1, 0.15) is 26.3 Å². The predicted molar refractivity (Wildman–Crippen MR) is 80.9 cm³/mol. The number of alkyl halides is 3. The SMILES string of the molecule is CC(C)(C)OC(=O)n1cccc1-c1cc(N)cc(C(F)(F)F)c1. The Morgan fingerprint density at radius 1 is 1.17 bits per heavy atom. The number of nitrogen functional groups attached to an aromatic ring is 1. The topological polar surface area (TPSA) is 57.2 Å². The molecule has 1 aromatic heterocycles. The van der Waals surface area contributed by atoms with E-state index in [1.807, 2.05) is 0 Å². The number of rotatable bonds is 1. The highest BCUT2D eigenvalue weighted by Gasteiger charge is 2.31. The Morgan fingerprint density at radius 3 is 2.39 bits per heavy atom. The van der Waals surface area contributed by atoms with E-state index in [0.29, 0.717) is 0 Å². The lowest BCUT2D eigenvalue weighted by Crippen LogP contribution is -2.27. The van der Waals surface area contributed by atoms with Gasteiger partial charge in [-0.15, -0.1) is 0 Å². The number of carbonyl (C=O) groups excluding carboxylic acids is 1. The molecule has 0 aliphatic rings. The van der Waals surface area contributed by atoms with Crippen molar-refractivity contribution in [2.75, 3.05) is 5.73 Å². The Bertz CT molecular complexity index is 728. The zero-order valence-corrected chi connectivity index (χ0v) is 12.9. The third kappa shape index (κ3) is 4.06. The quantitative estimate of drug-likeness (QED) is 0.783. The number of halogens is 3. The number of carbonyl (C=O) groups is 1. The molecule has 0 saturated carbocycles. The molecular formula is C16H17F3N2O2. The van der Waals surface area contributed by atoms with Crippen LogP contribution in [0.4, 0.5) is 23.7 Å². The molecule has 1 heterocycles. The van der Waals surface area contributed by atoms with Crippen molar-refractivity contribution >= 4 is 11.8 Å². The highest BCUT2D eigenvalue weighted by atomic mass is 19.4. The van der Waals surface area contributed by atoms with E-state index in [2.05, 4.69) is 0 Å². The van der Waals surface area contributed by atoms with Crippen molar-refractivity contribution in [3.05, 3.63) is 42.1 Å². The standard InChI is InChI=1S/C16H17F3N2O2/c1-15(2,3)23-14(22)21-6-4-5-13(21)10-7-11(16(17,18)19)9-12(20)8-10/h4-9H,20H2,1-3H3. The van der Waals surface area contributed by atoms with Crippen LogP contribution in [-0.4, -0.2) is 16.3 Å². The summed E-state index contributed by atoms with van der Waals surface area (Å²) < 4.78 is 45.1. The summed E-state index contributed by atoms with van der Waals surface area (Å²) in [5, 5.41) is 0. The highest BCUT2D eigenvalue weighted by Crippen LogP contribution is 2.34. The molecule has 0 aliphatic carbocycles. The number of ether oxygens (including phenoxy) is 1. The lowest BCUT2D eigenvalue weighted by molar-refractivity contribution is -0.137. The lowest BCUT2D eigenvalue weighted by Gasteiger charge is -2.20. The van der Waals surface area contributed by atoms with Crippen LogP contribution in [0.5, 0.6) is 0 Å². The fraction of sp³-hybridized carbons (Fsp3) is 0.312. The number of anilines is 1. The van der Waals surface area contributed by atoms with Gasteiger partial charge < -0.3 is 10.5 Å². The highest BCUT2D eigenvalue weighted by molar-refractivity contribution is 5.79. The zero-order valence-electron chi connectivity index (χ0n) is 12.9. The second kappa shape index (κ2) is 5.64. The molecule has 2 rings (SSSR count). The minimum Gasteiger partial charge on any atom is -0.443 e. The van der Waals surface area contributed by atoms with Gasteiger partial charge in [-0.05, 0) is 51.1 Å². The van der Waals surface area contributed by atoms with E-state index in [4.69, 9.17) is 10.5 Å². The smallest absolute Gasteiger partial charge is 0.418 e. The number of hydrogen-bond acceptors (Lipinski definition) is 3. The van der Waals surface area contributed by atoms with Crippen molar-refractivity contribution in [3.63, 3.8) is 0 Å². The van der Waals surface area contributed by atoms with Gasteiger partial charge in [0.1, 0.15) is 5.60 Å². The molecule has 2 aromatic rings.